The number of nitrogens with zero attached hydrogens (tertiary/aromatic N) is 2. The summed E-state index contributed by atoms with van der Waals surface area (Å²) in [6.45, 7) is 7.25. The number of H-pyrrole nitrogens is 2. The first-order chi connectivity index (χ1) is 12.0. The zero-order valence-corrected chi connectivity index (χ0v) is 15.0. The van der Waals surface area contributed by atoms with Crippen LogP contribution >= 0.6 is 0 Å². The van der Waals surface area contributed by atoms with Crippen molar-refractivity contribution in [2.75, 3.05) is 11.4 Å². The van der Waals surface area contributed by atoms with Crippen LogP contribution in [0.4, 0.5) is 5.69 Å². The Hall–Kier alpha value is -2.56. The third-order valence-corrected chi connectivity index (χ3v) is 5.32. The van der Waals surface area contributed by atoms with Gasteiger partial charge in [0.15, 0.2) is 0 Å². The Morgan fingerprint density at radius 3 is 2.92 bits per heavy atom. The summed E-state index contributed by atoms with van der Waals surface area (Å²) in [4.78, 5) is 16.4. The Kier molecular flexibility index (Phi) is 3.67. The topological polar surface area (TPSA) is 64.8 Å². The highest BCUT2D eigenvalue weighted by Crippen LogP contribution is 2.38. The van der Waals surface area contributed by atoms with Gasteiger partial charge < -0.3 is 9.88 Å². The van der Waals surface area contributed by atoms with E-state index in [0.717, 1.165) is 47.2 Å². The number of amides is 1. The number of hydrogen-bond donors (Lipinski definition) is 2. The van der Waals surface area contributed by atoms with E-state index in [1.807, 2.05) is 19.1 Å². The zero-order valence-electron chi connectivity index (χ0n) is 15.0. The lowest BCUT2D eigenvalue weighted by Gasteiger charge is -2.28. The molecule has 0 atom stereocenters. The van der Waals surface area contributed by atoms with Gasteiger partial charge in [0.05, 0.1) is 5.69 Å². The standard InChI is InChI=1S/C20H24N4O/c1-4-24(12-25)14-6-5-13-9-17(21-16(13)10-14)19-15-7-8-20(2,3)11-18(15)22-23-19/h5-6,9-10,12,21H,4,7-8,11H2,1-3H3,(H,22,23). The molecular weight excluding hydrogens is 312 g/mol. The molecule has 0 saturated heterocycles. The summed E-state index contributed by atoms with van der Waals surface area (Å²) < 4.78 is 0. The van der Waals surface area contributed by atoms with Crippen molar-refractivity contribution < 1.29 is 4.79 Å². The summed E-state index contributed by atoms with van der Waals surface area (Å²) in [5, 5.41) is 8.98. The molecule has 0 unspecified atom stereocenters. The van der Waals surface area contributed by atoms with Crippen molar-refractivity contribution in [1.29, 1.82) is 0 Å². The number of anilines is 1. The van der Waals surface area contributed by atoms with Gasteiger partial charge in [-0.25, -0.2) is 0 Å². The lowest BCUT2D eigenvalue weighted by atomic mass is 9.76. The highest BCUT2D eigenvalue weighted by molar-refractivity contribution is 5.90. The summed E-state index contributed by atoms with van der Waals surface area (Å²) in [6.07, 6.45) is 4.16. The molecule has 0 saturated carbocycles. The summed E-state index contributed by atoms with van der Waals surface area (Å²) in [5.41, 5.74) is 6.96. The van der Waals surface area contributed by atoms with E-state index < -0.39 is 0 Å². The lowest BCUT2D eigenvalue weighted by Crippen LogP contribution is -2.21. The number of nitrogens with one attached hydrogen (secondary N) is 2. The van der Waals surface area contributed by atoms with Crippen LogP contribution in [0.2, 0.25) is 0 Å². The fourth-order valence-corrected chi connectivity index (χ4v) is 3.81. The third-order valence-electron chi connectivity index (χ3n) is 5.32. The highest BCUT2D eigenvalue weighted by Gasteiger charge is 2.29. The maximum absolute atomic E-state index is 11.2. The second kappa shape index (κ2) is 5.76. The molecule has 2 N–H and O–H groups in total. The van der Waals surface area contributed by atoms with Gasteiger partial charge in [-0.3, -0.25) is 9.89 Å². The average molecular weight is 336 g/mol. The lowest BCUT2D eigenvalue weighted by molar-refractivity contribution is -0.107. The Morgan fingerprint density at radius 1 is 1.32 bits per heavy atom. The number of carbonyl (C=O) groups is 1. The van der Waals surface area contributed by atoms with E-state index in [1.54, 1.807) is 4.90 Å². The summed E-state index contributed by atoms with van der Waals surface area (Å²) in [5.74, 6) is 0. The number of rotatable bonds is 4. The maximum Gasteiger partial charge on any atom is 0.214 e. The third kappa shape index (κ3) is 2.73. The van der Waals surface area contributed by atoms with E-state index in [1.165, 1.54) is 17.7 Å². The smallest absolute Gasteiger partial charge is 0.214 e. The van der Waals surface area contributed by atoms with Crippen molar-refractivity contribution in [2.45, 2.75) is 40.0 Å². The van der Waals surface area contributed by atoms with Crippen LogP contribution in [0.25, 0.3) is 22.3 Å². The molecule has 1 aliphatic carbocycles. The van der Waals surface area contributed by atoms with Crippen LogP contribution in [0.1, 0.15) is 38.4 Å². The Bertz CT molecular complexity index is 934. The van der Waals surface area contributed by atoms with E-state index in [2.05, 4.69) is 41.2 Å². The van der Waals surface area contributed by atoms with Gasteiger partial charge >= 0.3 is 0 Å². The van der Waals surface area contributed by atoms with Crippen LogP contribution in [0.5, 0.6) is 0 Å². The largest absolute Gasteiger partial charge is 0.353 e. The first-order valence-electron chi connectivity index (χ1n) is 8.92. The SMILES string of the molecule is CCN(C=O)c1ccc2cc(-c3n[nH]c4c3CCC(C)(C)C4)[nH]c2c1. The summed E-state index contributed by atoms with van der Waals surface area (Å²) in [7, 11) is 0. The second-order valence-corrected chi connectivity index (χ2v) is 7.72. The monoisotopic (exact) mass is 336 g/mol. The van der Waals surface area contributed by atoms with E-state index in [0.29, 0.717) is 12.0 Å². The quantitative estimate of drug-likeness (QED) is 0.706. The minimum Gasteiger partial charge on any atom is -0.353 e. The van der Waals surface area contributed by atoms with Crippen LogP contribution in [0.3, 0.4) is 0 Å². The molecule has 1 amide bonds. The fraction of sp³-hybridized carbons (Fsp3) is 0.400. The number of benzene rings is 1. The first kappa shape index (κ1) is 15.9. The molecule has 0 fully saturated rings. The van der Waals surface area contributed by atoms with Crippen molar-refractivity contribution in [3.63, 3.8) is 0 Å². The molecule has 0 radical (unpaired) electrons. The van der Waals surface area contributed by atoms with Gasteiger partial charge in [-0.2, -0.15) is 5.10 Å². The minimum absolute atomic E-state index is 0.338. The van der Waals surface area contributed by atoms with Crippen molar-refractivity contribution >= 4 is 23.0 Å². The predicted octanol–water partition coefficient (Wildman–Crippen LogP) is 4.06. The van der Waals surface area contributed by atoms with E-state index in [4.69, 9.17) is 0 Å². The Labute approximate surface area is 147 Å². The molecule has 0 spiro atoms. The summed E-state index contributed by atoms with van der Waals surface area (Å²) in [6, 6.07) is 8.21. The molecule has 4 rings (SSSR count). The highest BCUT2D eigenvalue weighted by atomic mass is 16.1. The van der Waals surface area contributed by atoms with Gasteiger partial charge in [0.25, 0.3) is 0 Å². The first-order valence-corrected chi connectivity index (χ1v) is 8.92. The second-order valence-electron chi connectivity index (χ2n) is 7.72. The number of carbonyl (C=O) groups excluding carboxylic acids is 1. The molecule has 5 heteroatoms. The number of aromatic amines is 2. The molecule has 1 aliphatic rings. The molecule has 0 bridgehead atoms. The average Bonchev–Trinajstić information content (AvgIpc) is 3.17. The molecular formula is C20H24N4O. The minimum atomic E-state index is 0.338. The molecule has 0 aliphatic heterocycles. The van der Waals surface area contributed by atoms with Crippen LogP contribution in [-0.4, -0.2) is 28.1 Å². The molecule has 2 aromatic heterocycles. The van der Waals surface area contributed by atoms with Crippen molar-refractivity contribution in [1.82, 2.24) is 15.2 Å². The van der Waals surface area contributed by atoms with Gasteiger partial charge in [0.1, 0.15) is 5.69 Å². The molecule has 3 aromatic rings. The Morgan fingerprint density at radius 2 is 2.16 bits per heavy atom. The molecule has 130 valence electrons. The van der Waals surface area contributed by atoms with Gasteiger partial charge in [-0.1, -0.05) is 19.9 Å². The van der Waals surface area contributed by atoms with Crippen LogP contribution in [0, 0.1) is 5.41 Å². The number of hydrogen-bond acceptors (Lipinski definition) is 2. The van der Waals surface area contributed by atoms with Gasteiger partial charge in [0.2, 0.25) is 6.41 Å². The molecule has 5 nitrogen and oxygen atoms in total. The van der Waals surface area contributed by atoms with Gasteiger partial charge in [-0.05, 0) is 49.8 Å². The van der Waals surface area contributed by atoms with E-state index >= 15 is 0 Å². The van der Waals surface area contributed by atoms with Crippen molar-refractivity contribution in [3.05, 3.63) is 35.5 Å². The van der Waals surface area contributed by atoms with E-state index in [-0.39, 0.29) is 0 Å². The Balaban J connectivity index is 1.74. The maximum atomic E-state index is 11.2. The van der Waals surface area contributed by atoms with Crippen LogP contribution < -0.4 is 4.90 Å². The van der Waals surface area contributed by atoms with Crippen molar-refractivity contribution in [2.24, 2.45) is 5.41 Å². The summed E-state index contributed by atoms with van der Waals surface area (Å²) >= 11 is 0. The number of fused-ring (bicyclic) bond motifs is 2. The van der Waals surface area contributed by atoms with E-state index in [9.17, 15) is 4.79 Å². The molecule has 25 heavy (non-hydrogen) atoms. The van der Waals surface area contributed by atoms with Crippen molar-refractivity contribution in [3.8, 4) is 11.4 Å². The predicted molar refractivity (Wildman–Crippen MR) is 101 cm³/mol. The zero-order chi connectivity index (χ0) is 17.6. The van der Waals surface area contributed by atoms with Gasteiger partial charge in [0, 0.05) is 34.4 Å². The van der Waals surface area contributed by atoms with Gasteiger partial charge in [-0.15, -0.1) is 0 Å². The van der Waals surface area contributed by atoms with Crippen LogP contribution in [0.15, 0.2) is 24.3 Å². The van der Waals surface area contributed by atoms with Crippen LogP contribution in [-0.2, 0) is 17.6 Å². The fourth-order valence-electron chi connectivity index (χ4n) is 3.81. The molecule has 2 heterocycles. The normalized spacial score (nSPS) is 16.0. The number of aromatic nitrogens is 3. The molecule has 1 aromatic carbocycles.